The van der Waals surface area contributed by atoms with Gasteiger partial charge in [-0.3, -0.25) is 4.79 Å². The molecule has 8 heteroatoms. The number of nitrogens with one attached hydrogen (secondary N) is 1. The molecule has 94 valence electrons. The summed E-state index contributed by atoms with van der Waals surface area (Å²) >= 11 is 0. The zero-order valence-corrected chi connectivity index (χ0v) is 8.28. The van der Waals surface area contributed by atoms with E-state index in [9.17, 15) is 24.5 Å². The number of ether oxygens (including phenoxy) is 1. The van der Waals surface area contributed by atoms with Crippen LogP contribution in [0.25, 0.3) is 0 Å². The van der Waals surface area contributed by atoms with Gasteiger partial charge in [0.05, 0.1) is 6.61 Å². The van der Waals surface area contributed by atoms with E-state index in [2.05, 4.69) is 0 Å². The van der Waals surface area contributed by atoms with Crippen LogP contribution in [-0.4, -0.2) is 70.3 Å². The van der Waals surface area contributed by atoms with Crippen LogP contribution in [0.1, 0.15) is 0 Å². The SMILES string of the molecule is O=C(CF)N[C@@H]1[C@@H](O)[C@H](O)[C@@H](CO)O[C@H]1O. The van der Waals surface area contributed by atoms with E-state index < -0.39 is 49.8 Å². The summed E-state index contributed by atoms with van der Waals surface area (Å²) in [6.07, 6.45) is -5.79. The lowest BCUT2D eigenvalue weighted by Gasteiger charge is -2.40. The summed E-state index contributed by atoms with van der Waals surface area (Å²) < 4.78 is 16.7. The van der Waals surface area contributed by atoms with Crippen molar-refractivity contribution in [2.24, 2.45) is 0 Å². The predicted octanol–water partition coefficient (Wildman–Crippen LogP) is -3.13. The highest BCUT2D eigenvalue weighted by Crippen LogP contribution is 2.19. The van der Waals surface area contributed by atoms with Gasteiger partial charge < -0.3 is 30.5 Å². The van der Waals surface area contributed by atoms with Gasteiger partial charge in [-0.15, -0.1) is 0 Å². The van der Waals surface area contributed by atoms with Gasteiger partial charge in [-0.1, -0.05) is 0 Å². The lowest BCUT2D eigenvalue weighted by Crippen LogP contribution is -2.64. The number of amides is 1. The summed E-state index contributed by atoms with van der Waals surface area (Å²) in [7, 11) is 0. The lowest BCUT2D eigenvalue weighted by molar-refractivity contribution is -0.253. The summed E-state index contributed by atoms with van der Waals surface area (Å²) in [5.41, 5.74) is 0. The molecule has 1 fully saturated rings. The van der Waals surface area contributed by atoms with Crippen molar-refractivity contribution in [3.63, 3.8) is 0 Å². The van der Waals surface area contributed by atoms with E-state index in [1.165, 1.54) is 0 Å². The first kappa shape index (κ1) is 13.3. The Morgan fingerprint density at radius 3 is 2.44 bits per heavy atom. The number of rotatable bonds is 3. The van der Waals surface area contributed by atoms with Crippen LogP contribution in [0.3, 0.4) is 0 Å². The minimum absolute atomic E-state index is 0.598. The molecule has 0 aromatic heterocycles. The molecule has 0 aliphatic carbocycles. The first-order valence-corrected chi connectivity index (χ1v) is 4.67. The molecule has 0 unspecified atom stereocenters. The van der Waals surface area contributed by atoms with E-state index in [0.717, 1.165) is 0 Å². The molecule has 7 nitrogen and oxygen atoms in total. The largest absolute Gasteiger partial charge is 0.394 e. The third-order valence-electron chi connectivity index (χ3n) is 2.35. The summed E-state index contributed by atoms with van der Waals surface area (Å²) in [4.78, 5) is 10.7. The molecule has 1 rings (SSSR count). The molecule has 5 N–H and O–H groups in total. The van der Waals surface area contributed by atoms with E-state index in [1.807, 2.05) is 5.32 Å². The Morgan fingerprint density at radius 2 is 1.94 bits per heavy atom. The maximum absolute atomic E-state index is 11.9. The molecule has 5 atom stereocenters. The number of hydrogen-bond acceptors (Lipinski definition) is 6. The first-order valence-electron chi connectivity index (χ1n) is 4.67. The van der Waals surface area contributed by atoms with Crippen LogP contribution in [-0.2, 0) is 9.53 Å². The third kappa shape index (κ3) is 2.66. The van der Waals surface area contributed by atoms with E-state index in [-0.39, 0.29) is 0 Å². The standard InChI is InChI=1S/C8H14FNO6/c9-1-4(12)10-5-7(14)6(13)3(2-11)16-8(5)15/h3,5-8,11,13-15H,1-2H2,(H,10,12)/t3-,5-,6-,7-,8-/m1/s1. The van der Waals surface area contributed by atoms with Crippen LogP contribution in [0.4, 0.5) is 4.39 Å². The quantitative estimate of drug-likeness (QED) is 0.355. The molecular weight excluding hydrogens is 225 g/mol. The molecular formula is C8H14FNO6. The summed E-state index contributed by atoms with van der Waals surface area (Å²) in [5, 5.41) is 39.0. The molecule has 16 heavy (non-hydrogen) atoms. The average Bonchev–Trinajstić information content (AvgIpc) is 2.28. The molecule has 0 spiro atoms. The zero-order chi connectivity index (χ0) is 12.3. The summed E-state index contributed by atoms with van der Waals surface area (Å²) in [5.74, 6) is -1.04. The number of carbonyl (C=O) groups excluding carboxylic acids is 1. The Morgan fingerprint density at radius 1 is 1.31 bits per heavy atom. The summed E-state index contributed by atoms with van der Waals surface area (Å²) in [6.45, 7) is -1.91. The second kappa shape index (κ2) is 5.51. The van der Waals surface area contributed by atoms with Crippen molar-refractivity contribution < 1.29 is 34.3 Å². The number of carbonyl (C=O) groups is 1. The van der Waals surface area contributed by atoms with Gasteiger partial charge in [-0.2, -0.15) is 0 Å². The molecule has 0 aromatic carbocycles. The van der Waals surface area contributed by atoms with Gasteiger partial charge in [0.2, 0.25) is 0 Å². The summed E-state index contributed by atoms with van der Waals surface area (Å²) in [6, 6.07) is -1.33. The Bertz CT molecular complexity index is 253. The van der Waals surface area contributed by atoms with E-state index in [0.29, 0.717) is 0 Å². The Kier molecular flexibility index (Phi) is 4.56. The van der Waals surface area contributed by atoms with Crippen LogP contribution in [0.2, 0.25) is 0 Å². The molecule has 1 saturated heterocycles. The van der Waals surface area contributed by atoms with Crippen LogP contribution < -0.4 is 5.32 Å². The fraction of sp³-hybridized carbons (Fsp3) is 0.875. The molecule has 0 bridgehead atoms. The van der Waals surface area contributed by atoms with E-state index >= 15 is 0 Å². The second-order valence-electron chi connectivity index (χ2n) is 3.46. The number of aliphatic hydroxyl groups is 4. The smallest absolute Gasteiger partial charge is 0.251 e. The maximum Gasteiger partial charge on any atom is 0.251 e. The first-order chi connectivity index (χ1) is 7.51. The normalized spacial score (nSPS) is 39.4. The fourth-order valence-electron chi connectivity index (χ4n) is 1.48. The van der Waals surface area contributed by atoms with Crippen molar-refractivity contribution >= 4 is 5.91 Å². The van der Waals surface area contributed by atoms with Gasteiger partial charge in [-0.05, 0) is 0 Å². The van der Waals surface area contributed by atoms with Crippen LogP contribution in [0.15, 0.2) is 0 Å². The molecule has 1 aliphatic rings. The van der Waals surface area contributed by atoms with Crippen molar-refractivity contribution in [3.8, 4) is 0 Å². The van der Waals surface area contributed by atoms with E-state index in [1.54, 1.807) is 0 Å². The number of alkyl halides is 1. The van der Waals surface area contributed by atoms with Crippen molar-refractivity contribution in [2.75, 3.05) is 13.3 Å². The number of aliphatic hydroxyl groups excluding tert-OH is 4. The molecule has 0 saturated carbocycles. The van der Waals surface area contributed by atoms with Gasteiger partial charge >= 0.3 is 0 Å². The highest BCUT2D eigenvalue weighted by Gasteiger charge is 2.44. The molecule has 0 aromatic rings. The van der Waals surface area contributed by atoms with Crippen molar-refractivity contribution in [1.29, 1.82) is 0 Å². The lowest BCUT2D eigenvalue weighted by atomic mass is 9.97. The van der Waals surface area contributed by atoms with Gasteiger partial charge in [0.25, 0.3) is 5.91 Å². The topological polar surface area (TPSA) is 119 Å². The van der Waals surface area contributed by atoms with Crippen molar-refractivity contribution in [3.05, 3.63) is 0 Å². The highest BCUT2D eigenvalue weighted by atomic mass is 19.1. The predicted molar refractivity (Wildman–Crippen MR) is 47.9 cm³/mol. The minimum atomic E-state index is -1.62. The molecule has 0 radical (unpaired) electrons. The maximum atomic E-state index is 11.9. The monoisotopic (exact) mass is 239 g/mol. The molecule has 1 amide bonds. The Hall–Kier alpha value is -0.800. The zero-order valence-electron chi connectivity index (χ0n) is 8.28. The van der Waals surface area contributed by atoms with E-state index in [4.69, 9.17) is 9.84 Å². The third-order valence-corrected chi connectivity index (χ3v) is 2.35. The number of halogens is 1. The van der Waals surface area contributed by atoms with Crippen LogP contribution >= 0.6 is 0 Å². The van der Waals surface area contributed by atoms with Gasteiger partial charge in [-0.25, -0.2) is 4.39 Å². The highest BCUT2D eigenvalue weighted by molar-refractivity contribution is 5.77. The van der Waals surface area contributed by atoms with Crippen LogP contribution in [0.5, 0.6) is 0 Å². The Labute approximate surface area is 90.5 Å². The second-order valence-corrected chi connectivity index (χ2v) is 3.46. The van der Waals surface area contributed by atoms with Gasteiger partial charge in [0.1, 0.15) is 24.4 Å². The number of hydrogen-bond donors (Lipinski definition) is 5. The molecule has 1 aliphatic heterocycles. The van der Waals surface area contributed by atoms with Gasteiger partial charge in [0, 0.05) is 0 Å². The minimum Gasteiger partial charge on any atom is -0.394 e. The van der Waals surface area contributed by atoms with Crippen molar-refractivity contribution in [1.82, 2.24) is 5.32 Å². The van der Waals surface area contributed by atoms with Crippen molar-refractivity contribution in [2.45, 2.75) is 30.6 Å². The average molecular weight is 239 g/mol. The van der Waals surface area contributed by atoms with Gasteiger partial charge in [0.15, 0.2) is 13.0 Å². The fourth-order valence-corrected chi connectivity index (χ4v) is 1.48. The van der Waals surface area contributed by atoms with Crippen LogP contribution in [0, 0.1) is 0 Å². The Balaban J connectivity index is 2.67. The molecule has 1 heterocycles.